The second-order valence-electron chi connectivity index (χ2n) is 6.93. The Morgan fingerprint density at radius 1 is 1.15 bits per heavy atom. The summed E-state index contributed by atoms with van der Waals surface area (Å²) in [6.45, 7) is 12.0. The van der Waals surface area contributed by atoms with E-state index in [1.54, 1.807) is 14.0 Å². The Hall–Kier alpha value is -1.91. The van der Waals surface area contributed by atoms with E-state index in [0.29, 0.717) is 6.61 Å². The summed E-state index contributed by atoms with van der Waals surface area (Å²) in [4.78, 5) is 10.9. The van der Waals surface area contributed by atoms with Gasteiger partial charge < -0.3 is 19.4 Å². The SMILES string of the molecule is C=C[C@H](C)[C@H](OCc1ccc(OC)cc1)/C(C)=C\[C@@H](C)[C@@H](O)[C@@H](C)C=O. The summed E-state index contributed by atoms with van der Waals surface area (Å²) in [6.07, 6.45) is 3.79. The lowest BCUT2D eigenvalue weighted by Gasteiger charge is -2.26. The minimum atomic E-state index is -0.705. The van der Waals surface area contributed by atoms with Gasteiger partial charge in [0.25, 0.3) is 0 Å². The van der Waals surface area contributed by atoms with E-state index in [-0.39, 0.29) is 17.9 Å². The van der Waals surface area contributed by atoms with E-state index < -0.39 is 12.0 Å². The van der Waals surface area contributed by atoms with Gasteiger partial charge in [0.15, 0.2) is 0 Å². The largest absolute Gasteiger partial charge is 0.497 e. The van der Waals surface area contributed by atoms with Gasteiger partial charge in [-0.2, -0.15) is 0 Å². The molecule has 1 N–H and O–H groups in total. The first-order valence-corrected chi connectivity index (χ1v) is 9.02. The fourth-order valence-corrected chi connectivity index (χ4v) is 2.90. The number of ether oxygens (including phenoxy) is 2. The van der Waals surface area contributed by atoms with E-state index in [9.17, 15) is 9.90 Å². The van der Waals surface area contributed by atoms with Gasteiger partial charge >= 0.3 is 0 Å². The molecule has 0 amide bonds. The topological polar surface area (TPSA) is 55.8 Å². The number of rotatable bonds is 11. The Morgan fingerprint density at radius 3 is 2.27 bits per heavy atom. The molecule has 4 nitrogen and oxygen atoms in total. The van der Waals surface area contributed by atoms with Gasteiger partial charge in [-0.15, -0.1) is 6.58 Å². The van der Waals surface area contributed by atoms with Crippen LogP contribution in [0.25, 0.3) is 0 Å². The predicted molar refractivity (Wildman–Crippen MR) is 105 cm³/mol. The second-order valence-corrected chi connectivity index (χ2v) is 6.93. The molecule has 0 aliphatic heterocycles. The van der Waals surface area contributed by atoms with E-state index in [0.717, 1.165) is 23.2 Å². The Kier molecular flexibility index (Phi) is 9.31. The average Bonchev–Trinajstić information content (AvgIpc) is 2.66. The fourth-order valence-electron chi connectivity index (χ4n) is 2.90. The summed E-state index contributed by atoms with van der Waals surface area (Å²) in [5, 5.41) is 10.2. The van der Waals surface area contributed by atoms with Crippen molar-refractivity contribution in [3.63, 3.8) is 0 Å². The van der Waals surface area contributed by atoms with Crippen LogP contribution in [0.15, 0.2) is 48.6 Å². The molecule has 0 radical (unpaired) electrons. The van der Waals surface area contributed by atoms with Gasteiger partial charge in [0.2, 0.25) is 0 Å². The van der Waals surface area contributed by atoms with Gasteiger partial charge in [-0.05, 0) is 30.2 Å². The number of aliphatic hydroxyl groups excluding tert-OH is 1. The maximum absolute atomic E-state index is 10.9. The van der Waals surface area contributed by atoms with Gasteiger partial charge in [-0.3, -0.25) is 0 Å². The van der Waals surface area contributed by atoms with Crippen LogP contribution >= 0.6 is 0 Å². The molecule has 0 bridgehead atoms. The molecule has 0 aliphatic rings. The second kappa shape index (κ2) is 10.9. The number of hydrogen-bond donors (Lipinski definition) is 1. The molecule has 0 spiro atoms. The fraction of sp³-hybridized carbons (Fsp3) is 0.500. The Balaban J connectivity index is 2.85. The van der Waals surface area contributed by atoms with Crippen LogP contribution < -0.4 is 4.74 Å². The van der Waals surface area contributed by atoms with Crippen LogP contribution in [0.2, 0.25) is 0 Å². The zero-order valence-electron chi connectivity index (χ0n) is 16.5. The van der Waals surface area contributed by atoms with Crippen LogP contribution in [0, 0.1) is 17.8 Å². The molecule has 1 rings (SSSR count). The summed E-state index contributed by atoms with van der Waals surface area (Å²) in [6, 6.07) is 7.77. The molecule has 1 aromatic rings. The molecule has 0 fully saturated rings. The molecule has 4 heteroatoms. The highest BCUT2D eigenvalue weighted by molar-refractivity contribution is 5.53. The number of benzene rings is 1. The van der Waals surface area contributed by atoms with Crippen LogP contribution in [0.5, 0.6) is 5.75 Å². The van der Waals surface area contributed by atoms with Crippen LogP contribution in [0.1, 0.15) is 33.3 Å². The number of carbonyl (C=O) groups is 1. The third-order valence-corrected chi connectivity index (χ3v) is 4.70. The highest BCUT2D eigenvalue weighted by atomic mass is 16.5. The van der Waals surface area contributed by atoms with Crippen molar-refractivity contribution in [2.45, 2.75) is 46.5 Å². The average molecular weight is 360 g/mol. The number of aldehydes is 1. The summed E-state index contributed by atoms with van der Waals surface area (Å²) >= 11 is 0. The number of hydrogen-bond acceptors (Lipinski definition) is 4. The highest BCUT2D eigenvalue weighted by Crippen LogP contribution is 2.23. The van der Waals surface area contributed by atoms with E-state index in [1.807, 2.05) is 50.3 Å². The van der Waals surface area contributed by atoms with E-state index in [2.05, 4.69) is 13.5 Å². The number of methoxy groups -OCH3 is 1. The Labute approximate surface area is 157 Å². The maximum Gasteiger partial charge on any atom is 0.125 e. The first kappa shape index (κ1) is 22.1. The summed E-state index contributed by atoms with van der Waals surface area (Å²) < 4.78 is 11.3. The van der Waals surface area contributed by atoms with Gasteiger partial charge in [0.05, 0.1) is 25.9 Å². The van der Waals surface area contributed by atoms with Crippen molar-refractivity contribution in [3.05, 3.63) is 54.1 Å². The standard InChI is InChI=1S/C22H32O4/c1-7-15(2)22(17(4)12-16(3)21(24)18(5)13-23)26-14-19-8-10-20(25-6)11-9-19/h7-13,15-16,18,21-22,24H,1,14H2,2-6H3/b17-12-/t15-,16+,18-,21+,22-/m0/s1. The molecule has 5 atom stereocenters. The van der Waals surface area contributed by atoms with Crippen LogP contribution in [0.4, 0.5) is 0 Å². The molecule has 0 unspecified atom stereocenters. The lowest BCUT2D eigenvalue weighted by Crippen LogP contribution is -2.27. The molecule has 0 aliphatic carbocycles. The molecule has 26 heavy (non-hydrogen) atoms. The van der Waals surface area contributed by atoms with Crippen molar-refractivity contribution in [3.8, 4) is 5.75 Å². The summed E-state index contributed by atoms with van der Waals surface area (Å²) in [7, 11) is 1.64. The number of carbonyl (C=O) groups excluding carboxylic acids is 1. The van der Waals surface area contributed by atoms with Crippen molar-refractivity contribution in [1.29, 1.82) is 0 Å². The van der Waals surface area contributed by atoms with Crippen LogP contribution in [-0.2, 0) is 16.1 Å². The first-order valence-electron chi connectivity index (χ1n) is 9.02. The number of aliphatic hydroxyl groups is 1. The van der Waals surface area contributed by atoms with E-state index >= 15 is 0 Å². The third kappa shape index (κ3) is 6.43. The van der Waals surface area contributed by atoms with E-state index in [1.165, 1.54) is 0 Å². The lowest BCUT2D eigenvalue weighted by molar-refractivity contribution is -0.114. The monoisotopic (exact) mass is 360 g/mol. The molecule has 144 valence electrons. The molecule has 0 heterocycles. The lowest BCUT2D eigenvalue weighted by atomic mass is 9.90. The molecule has 0 saturated heterocycles. The van der Waals surface area contributed by atoms with Crippen LogP contribution in [0.3, 0.4) is 0 Å². The van der Waals surface area contributed by atoms with Crippen molar-refractivity contribution in [2.24, 2.45) is 17.8 Å². The zero-order valence-corrected chi connectivity index (χ0v) is 16.5. The minimum Gasteiger partial charge on any atom is -0.497 e. The maximum atomic E-state index is 10.9. The smallest absolute Gasteiger partial charge is 0.125 e. The third-order valence-electron chi connectivity index (χ3n) is 4.70. The van der Waals surface area contributed by atoms with Gasteiger partial charge in [0, 0.05) is 17.8 Å². The molecular formula is C22H32O4. The molecule has 0 aromatic heterocycles. The Morgan fingerprint density at radius 2 is 1.77 bits per heavy atom. The molecule has 1 aromatic carbocycles. The van der Waals surface area contributed by atoms with Gasteiger partial charge in [-0.25, -0.2) is 0 Å². The first-order chi connectivity index (χ1) is 12.3. The predicted octanol–water partition coefficient (Wildman–Crippen LogP) is 4.18. The summed E-state index contributed by atoms with van der Waals surface area (Å²) in [5.74, 6) is 0.397. The van der Waals surface area contributed by atoms with Crippen LogP contribution in [-0.4, -0.2) is 30.7 Å². The minimum absolute atomic E-state index is 0.123. The Bertz CT molecular complexity index is 591. The molecule has 0 saturated carbocycles. The van der Waals surface area contributed by atoms with Crippen molar-refractivity contribution in [1.82, 2.24) is 0 Å². The normalized spacial score (nSPS) is 17.7. The van der Waals surface area contributed by atoms with Crippen molar-refractivity contribution >= 4 is 6.29 Å². The van der Waals surface area contributed by atoms with E-state index in [4.69, 9.17) is 9.47 Å². The van der Waals surface area contributed by atoms with Crippen molar-refractivity contribution < 1.29 is 19.4 Å². The quantitative estimate of drug-likeness (QED) is 0.475. The highest BCUT2D eigenvalue weighted by Gasteiger charge is 2.22. The summed E-state index contributed by atoms with van der Waals surface area (Å²) in [5.41, 5.74) is 2.08. The zero-order chi connectivity index (χ0) is 19.7. The van der Waals surface area contributed by atoms with Gasteiger partial charge in [0.1, 0.15) is 12.0 Å². The molecular weight excluding hydrogens is 328 g/mol. The van der Waals surface area contributed by atoms with Crippen molar-refractivity contribution in [2.75, 3.05) is 7.11 Å². The van der Waals surface area contributed by atoms with Gasteiger partial charge in [-0.1, -0.05) is 45.1 Å².